The number of aromatic hydroxyl groups is 1. The Labute approximate surface area is 117 Å². The number of phenols is 1. The molecule has 1 N–H and O–H groups in total. The van der Waals surface area contributed by atoms with Crippen molar-refractivity contribution in [3.63, 3.8) is 0 Å². The molecule has 0 unspecified atom stereocenters. The van der Waals surface area contributed by atoms with Crippen LogP contribution in [0.1, 0.15) is 25.0 Å². The van der Waals surface area contributed by atoms with Gasteiger partial charge in [-0.2, -0.15) is 0 Å². The smallest absolute Gasteiger partial charge is 0.224 e. The first-order valence-corrected chi connectivity index (χ1v) is 6.28. The quantitative estimate of drug-likeness (QED) is 0.841. The third-order valence-electron chi connectivity index (χ3n) is 3.69. The Kier molecular flexibility index (Phi) is 3.49. The Morgan fingerprint density at radius 2 is 1.60 bits per heavy atom. The predicted octanol–water partition coefficient (Wildman–Crippen LogP) is 2.76. The van der Waals surface area contributed by atoms with Gasteiger partial charge >= 0.3 is 0 Å². The number of phenolic OH excluding ortho intramolecular Hbond substituents is 1. The highest BCUT2D eigenvalue weighted by atomic mass is 16.5. The van der Waals surface area contributed by atoms with E-state index >= 15 is 0 Å². The zero-order chi connectivity index (χ0) is 15.0. The molecule has 0 radical (unpaired) electrons. The second-order valence-electron chi connectivity index (χ2n) is 4.89. The topological polar surface area (TPSA) is 63.6 Å². The largest absolute Gasteiger partial charge is 0.508 e. The maximum atomic E-state index is 12.1. The first-order chi connectivity index (χ1) is 9.32. The van der Waals surface area contributed by atoms with E-state index in [1.165, 1.54) is 12.1 Å². The lowest BCUT2D eigenvalue weighted by Gasteiger charge is -2.17. The fourth-order valence-corrected chi connectivity index (χ4v) is 1.92. The van der Waals surface area contributed by atoms with Crippen molar-refractivity contribution in [3.8, 4) is 11.5 Å². The maximum Gasteiger partial charge on any atom is 0.224 e. The number of allylic oxidation sites excluding steroid dienone is 3. The molecular formula is C16H16O4. The summed E-state index contributed by atoms with van der Waals surface area (Å²) < 4.78 is 5.57. The number of rotatable bonds is 2. The predicted molar refractivity (Wildman–Crippen MR) is 74.7 cm³/mol. The van der Waals surface area contributed by atoms with Crippen molar-refractivity contribution < 1.29 is 19.4 Å². The van der Waals surface area contributed by atoms with E-state index in [1.807, 2.05) is 0 Å². The highest BCUT2D eigenvalue weighted by Gasteiger charge is 2.25. The van der Waals surface area contributed by atoms with Gasteiger partial charge < -0.3 is 9.84 Å². The van der Waals surface area contributed by atoms with Gasteiger partial charge in [-0.15, -0.1) is 0 Å². The maximum absolute atomic E-state index is 12.1. The summed E-state index contributed by atoms with van der Waals surface area (Å²) in [7, 11) is 0. The number of carbonyl (C=O) groups is 2. The van der Waals surface area contributed by atoms with Crippen LogP contribution < -0.4 is 4.74 Å². The highest BCUT2D eigenvalue weighted by molar-refractivity contribution is 6.21. The van der Waals surface area contributed by atoms with E-state index in [9.17, 15) is 14.7 Å². The summed E-state index contributed by atoms with van der Waals surface area (Å²) in [6, 6.07) is 3.08. The molecule has 20 heavy (non-hydrogen) atoms. The van der Waals surface area contributed by atoms with Gasteiger partial charge in [0.2, 0.25) is 5.78 Å². The minimum atomic E-state index is -0.285. The van der Waals surface area contributed by atoms with E-state index in [2.05, 4.69) is 0 Å². The van der Waals surface area contributed by atoms with Gasteiger partial charge in [0.05, 0.1) is 0 Å². The Hall–Kier alpha value is -2.36. The summed E-state index contributed by atoms with van der Waals surface area (Å²) >= 11 is 0. The summed E-state index contributed by atoms with van der Waals surface area (Å²) in [4.78, 5) is 23.8. The third-order valence-corrected chi connectivity index (χ3v) is 3.69. The number of Topliss-reactive ketones (excluding diaryl/α,β-unsaturated/α-hetero) is 1. The number of hydrogen-bond acceptors (Lipinski definition) is 4. The molecule has 4 nitrogen and oxygen atoms in total. The van der Waals surface area contributed by atoms with Crippen LogP contribution >= 0.6 is 0 Å². The summed E-state index contributed by atoms with van der Waals surface area (Å²) in [5.41, 5.74) is 2.26. The van der Waals surface area contributed by atoms with Crippen LogP contribution in [0.3, 0.4) is 0 Å². The zero-order valence-electron chi connectivity index (χ0n) is 11.9. The zero-order valence-corrected chi connectivity index (χ0v) is 11.9. The normalized spacial score (nSPS) is 15.5. The molecular weight excluding hydrogens is 256 g/mol. The van der Waals surface area contributed by atoms with Crippen molar-refractivity contribution in [3.05, 3.63) is 46.2 Å². The Balaban J connectivity index is 2.37. The van der Waals surface area contributed by atoms with E-state index in [-0.39, 0.29) is 23.1 Å². The average molecular weight is 272 g/mol. The van der Waals surface area contributed by atoms with Gasteiger partial charge in [0.1, 0.15) is 11.5 Å². The minimum absolute atomic E-state index is 0.0197. The minimum Gasteiger partial charge on any atom is -0.508 e. The Morgan fingerprint density at radius 1 is 0.950 bits per heavy atom. The molecule has 0 amide bonds. The molecule has 0 aromatic heterocycles. The van der Waals surface area contributed by atoms with Crippen LogP contribution in [0.25, 0.3) is 0 Å². The van der Waals surface area contributed by atoms with Crippen molar-refractivity contribution in [1.82, 2.24) is 0 Å². The van der Waals surface area contributed by atoms with Crippen LogP contribution in [0.4, 0.5) is 0 Å². The van der Waals surface area contributed by atoms with Crippen LogP contribution in [-0.4, -0.2) is 16.7 Å². The second kappa shape index (κ2) is 4.96. The molecule has 1 aliphatic rings. The fraction of sp³-hybridized carbons (Fsp3) is 0.250. The van der Waals surface area contributed by atoms with E-state index in [0.29, 0.717) is 22.5 Å². The monoisotopic (exact) mass is 272 g/mol. The van der Waals surface area contributed by atoms with E-state index in [1.54, 1.807) is 33.8 Å². The van der Waals surface area contributed by atoms with Crippen molar-refractivity contribution in [2.24, 2.45) is 0 Å². The molecule has 0 saturated carbocycles. The van der Waals surface area contributed by atoms with E-state index < -0.39 is 0 Å². The molecule has 2 rings (SSSR count). The Bertz CT molecular complexity index is 678. The molecule has 0 heterocycles. The average Bonchev–Trinajstić information content (AvgIpc) is 2.42. The van der Waals surface area contributed by atoms with Gasteiger partial charge in [0.15, 0.2) is 11.5 Å². The van der Waals surface area contributed by atoms with Crippen molar-refractivity contribution in [2.75, 3.05) is 0 Å². The number of ether oxygens (including phenoxy) is 1. The van der Waals surface area contributed by atoms with E-state index in [0.717, 1.165) is 5.56 Å². The van der Waals surface area contributed by atoms with E-state index in [4.69, 9.17) is 4.74 Å². The molecule has 0 fully saturated rings. The van der Waals surface area contributed by atoms with Crippen molar-refractivity contribution >= 4 is 11.6 Å². The molecule has 1 aliphatic carbocycles. The second-order valence-corrected chi connectivity index (χ2v) is 4.89. The van der Waals surface area contributed by atoms with Crippen molar-refractivity contribution in [2.45, 2.75) is 27.7 Å². The molecule has 104 valence electrons. The van der Waals surface area contributed by atoms with Gasteiger partial charge in [0, 0.05) is 17.2 Å². The number of hydrogen-bond donors (Lipinski definition) is 1. The van der Waals surface area contributed by atoms with Gasteiger partial charge in [0.25, 0.3) is 0 Å². The molecule has 0 spiro atoms. The summed E-state index contributed by atoms with van der Waals surface area (Å²) in [6.45, 7) is 6.78. The summed E-state index contributed by atoms with van der Waals surface area (Å²) in [5, 5.41) is 9.60. The molecule has 4 heteroatoms. The number of carbonyl (C=O) groups excluding carboxylic acids is 2. The van der Waals surface area contributed by atoms with Gasteiger partial charge in [-0.1, -0.05) is 0 Å². The Morgan fingerprint density at radius 3 is 2.25 bits per heavy atom. The number of benzene rings is 1. The van der Waals surface area contributed by atoms with Gasteiger partial charge in [-0.3, -0.25) is 9.59 Å². The summed E-state index contributed by atoms with van der Waals surface area (Å²) in [5.74, 6) is 0.144. The third kappa shape index (κ3) is 2.25. The first-order valence-electron chi connectivity index (χ1n) is 6.28. The fourth-order valence-electron chi connectivity index (χ4n) is 1.92. The lowest BCUT2D eigenvalue weighted by molar-refractivity contribution is -0.117. The van der Waals surface area contributed by atoms with Gasteiger partial charge in [-0.25, -0.2) is 0 Å². The van der Waals surface area contributed by atoms with Crippen LogP contribution in [-0.2, 0) is 9.59 Å². The lowest BCUT2D eigenvalue weighted by Crippen LogP contribution is -2.20. The van der Waals surface area contributed by atoms with Crippen LogP contribution in [0.2, 0.25) is 0 Å². The molecule has 1 aromatic carbocycles. The summed E-state index contributed by atoms with van der Waals surface area (Å²) in [6.07, 6.45) is 1.21. The van der Waals surface area contributed by atoms with Crippen molar-refractivity contribution in [1.29, 1.82) is 0 Å². The molecule has 1 aromatic rings. The highest BCUT2D eigenvalue weighted by Crippen LogP contribution is 2.30. The standard InChI is InChI=1S/C16H16O4/c1-8-10(3)14(6-5-12(8)17)20-15-7-13(18)9(2)11(4)16(15)19/h5-7,17H,1-4H3. The molecule has 0 saturated heterocycles. The lowest BCUT2D eigenvalue weighted by atomic mass is 9.96. The SMILES string of the molecule is CC1=C(C)C(=O)C(Oc2ccc(O)c(C)c2C)=CC1=O. The molecule has 0 atom stereocenters. The van der Waals surface area contributed by atoms with Gasteiger partial charge in [-0.05, 0) is 51.0 Å². The van der Waals surface area contributed by atoms with Crippen LogP contribution in [0, 0.1) is 13.8 Å². The van der Waals surface area contributed by atoms with Crippen LogP contribution in [0.5, 0.6) is 11.5 Å². The van der Waals surface area contributed by atoms with Crippen LogP contribution in [0.15, 0.2) is 35.1 Å². The molecule has 0 aliphatic heterocycles. The first kappa shape index (κ1) is 14.1. The molecule has 0 bridgehead atoms. The number of ketones is 2.